The molecular formula is C52H30N6OS. The van der Waals surface area contributed by atoms with Gasteiger partial charge in [-0.15, -0.1) is 0 Å². The smallest absolute Gasteiger partial charge is 0.164 e. The normalized spacial score (nSPS) is 11.7. The molecule has 4 heterocycles. The molecule has 280 valence electrons. The summed E-state index contributed by atoms with van der Waals surface area (Å²) in [6.45, 7) is 0. The highest BCUT2D eigenvalue weighted by Gasteiger charge is 2.20. The fraction of sp³-hybridized carbons (Fsp3) is 0. The number of para-hydroxylation sites is 3. The number of hydrogen-bond acceptors (Lipinski definition) is 8. The van der Waals surface area contributed by atoms with E-state index in [2.05, 4.69) is 121 Å². The number of rotatable bonds is 6. The van der Waals surface area contributed by atoms with Crippen molar-refractivity contribution in [1.29, 1.82) is 0 Å². The summed E-state index contributed by atoms with van der Waals surface area (Å²) in [5, 5.41) is 5.37. The van der Waals surface area contributed by atoms with Gasteiger partial charge in [-0.1, -0.05) is 164 Å². The quantitative estimate of drug-likeness (QED) is 0.155. The molecule has 0 atom stereocenters. The predicted octanol–water partition coefficient (Wildman–Crippen LogP) is 13.5. The van der Waals surface area contributed by atoms with Gasteiger partial charge in [0, 0.05) is 60.3 Å². The summed E-state index contributed by atoms with van der Waals surface area (Å²) in [5.74, 6) is 1.78. The molecule has 0 N–H and O–H groups in total. The first kappa shape index (κ1) is 34.1. The maximum absolute atomic E-state index is 6.35. The summed E-state index contributed by atoms with van der Waals surface area (Å²) in [5.41, 5.74) is 13.2. The number of nitrogens with zero attached hydrogens (tertiary/aromatic N) is 6. The summed E-state index contributed by atoms with van der Waals surface area (Å²) >= 11 is 1.23. The number of furan rings is 1. The van der Waals surface area contributed by atoms with Gasteiger partial charge in [0.2, 0.25) is 0 Å². The van der Waals surface area contributed by atoms with E-state index in [9.17, 15) is 0 Å². The monoisotopic (exact) mass is 786 g/mol. The van der Waals surface area contributed by atoms with Gasteiger partial charge in [-0.25, -0.2) is 19.9 Å². The molecule has 0 amide bonds. The van der Waals surface area contributed by atoms with Crippen molar-refractivity contribution in [3.8, 4) is 67.7 Å². The second-order valence-electron chi connectivity index (χ2n) is 14.8. The molecule has 0 spiro atoms. The third-order valence-corrected chi connectivity index (χ3v) is 11.8. The van der Waals surface area contributed by atoms with Crippen LogP contribution in [0.3, 0.4) is 0 Å². The molecular weight excluding hydrogens is 757 g/mol. The van der Waals surface area contributed by atoms with E-state index in [1.54, 1.807) is 0 Å². The van der Waals surface area contributed by atoms with Crippen molar-refractivity contribution in [2.75, 3.05) is 0 Å². The fourth-order valence-electron chi connectivity index (χ4n) is 8.32. The molecule has 0 saturated carbocycles. The standard InChI is InChI=1S/C52H30N6OS/c1-3-12-33(13-4-1)46-42-30-41(47-48(58-60-57-47)45(42)40-17-7-9-20-43(40)53-46)32-24-28-36(29-25-32)52-55-50(34-14-5-2-6-15-34)54-51(56-52)35-26-22-31(23-27-35)37-18-11-19-39-38-16-8-10-21-44(38)59-49(37)39/h1-30H. The van der Waals surface area contributed by atoms with Crippen LogP contribution in [-0.2, 0) is 0 Å². The third-order valence-electron chi connectivity index (χ3n) is 11.2. The van der Waals surface area contributed by atoms with Crippen LogP contribution in [0.1, 0.15) is 0 Å². The summed E-state index contributed by atoms with van der Waals surface area (Å²) in [6, 6.07) is 62.1. The molecule has 4 aromatic heterocycles. The van der Waals surface area contributed by atoms with Crippen molar-refractivity contribution in [2.45, 2.75) is 0 Å². The van der Waals surface area contributed by atoms with Crippen LogP contribution in [0.5, 0.6) is 0 Å². The second kappa shape index (κ2) is 13.9. The van der Waals surface area contributed by atoms with E-state index in [-0.39, 0.29) is 0 Å². The van der Waals surface area contributed by atoms with Crippen molar-refractivity contribution >= 4 is 66.4 Å². The van der Waals surface area contributed by atoms with Crippen molar-refractivity contribution in [3.05, 3.63) is 182 Å². The molecule has 0 aliphatic heterocycles. The highest BCUT2D eigenvalue weighted by Crippen LogP contribution is 2.42. The lowest BCUT2D eigenvalue weighted by atomic mass is 9.94. The summed E-state index contributed by atoms with van der Waals surface area (Å²) in [7, 11) is 0. The highest BCUT2D eigenvalue weighted by molar-refractivity contribution is 7.00. The molecule has 0 fully saturated rings. The first-order chi connectivity index (χ1) is 29.7. The number of aromatic nitrogens is 6. The van der Waals surface area contributed by atoms with Gasteiger partial charge >= 0.3 is 0 Å². The van der Waals surface area contributed by atoms with E-state index in [0.717, 1.165) is 105 Å². The molecule has 0 saturated heterocycles. The first-order valence-corrected chi connectivity index (χ1v) is 20.4. The number of benzene rings is 8. The van der Waals surface area contributed by atoms with Gasteiger partial charge in [-0.3, -0.25) is 0 Å². The van der Waals surface area contributed by atoms with Gasteiger partial charge in [0.25, 0.3) is 0 Å². The lowest BCUT2D eigenvalue weighted by Gasteiger charge is -2.13. The van der Waals surface area contributed by atoms with Crippen molar-refractivity contribution in [2.24, 2.45) is 0 Å². The molecule has 0 radical (unpaired) electrons. The van der Waals surface area contributed by atoms with Crippen LogP contribution >= 0.6 is 11.7 Å². The third kappa shape index (κ3) is 5.65. The van der Waals surface area contributed by atoms with Gasteiger partial charge in [0.15, 0.2) is 17.5 Å². The van der Waals surface area contributed by atoms with Gasteiger partial charge in [0.05, 0.1) is 22.9 Å². The SMILES string of the molecule is c1ccc(-c2nc(-c3ccc(-c4cc5c(-c6ccccc6)nc6ccccc6c5c5nsnc45)cc3)nc(-c3ccc(-c4cccc5c4oc4ccccc45)cc3)n2)cc1. The molecule has 0 aliphatic rings. The Morgan fingerprint density at radius 1 is 0.367 bits per heavy atom. The molecule has 8 aromatic carbocycles. The van der Waals surface area contributed by atoms with Gasteiger partial charge < -0.3 is 4.42 Å². The predicted molar refractivity (Wildman–Crippen MR) is 244 cm³/mol. The zero-order valence-corrected chi connectivity index (χ0v) is 32.6. The molecule has 0 unspecified atom stereocenters. The van der Waals surface area contributed by atoms with Crippen LogP contribution in [0.2, 0.25) is 0 Å². The fourth-order valence-corrected chi connectivity index (χ4v) is 8.89. The first-order valence-electron chi connectivity index (χ1n) is 19.7. The van der Waals surface area contributed by atoms with Crippen molar-refractivity contribution in [3.63, 3.8) is 0 Å². The van der Waals surface area contributed by atoms with Gasteiger partial charge in [-0.05, 0) is 29.3 Å². The van der Waals surface area contributed by atoms with Crippen LogP contribution in [-0.4, -0.2) is 28.7 Å². The number of fused-ring (bicyclic) bond motifs is 8. The molecule has 7 nitrogen and oxygen atoms in total. The minimum atomic E-state index is 0.586. The molecule has 0 aliphatic carbocycles. The largest absolute Gasteiger partial charge is 0.455 e. The minimum Gasteiger partial charge on any atom is -0.455 e. The summed E-state index contributed by atoms with van der Waals surface area (Å²) in [6.07, 6.45) is 0. The Morgan fingerprint density at radius 2 is 0.900 bits per heavy atom. The topological polar surface area (TPSA) is 90.5 Å². The number of pyridine rings is 1. The lowest BCUT2D eigenvalue weighted by molar-refractivity contribution is 0.670. The van der Waals surface area contributed by atoms with E-state index >= 15 is 0 Å². The average Bonchev–Trinajstić information content (AvgIpc) is 3.98. The molecule has 12 rings (SSSR count). The highest BCUT2D eigenvalue weighted by atomic mass is 32.1. The second-order valence-corrected chi connectivity index (χ2v) is 15.3. The Morgan fingerprint density at radius 3 is 1.60 bits per heavy atom. The summed E-state index contributed by atoms with van der Waals surface area (Å²) in [4.78, 5) is 20.3. The van der Waals surface area contributed by atoms with Gasteiger partial charge in [0.1, 0.15) is 22.2 Å². The van der Waals surface area contributed by atoms with Crippen LogP contribution < -0.4 is 0 Å². The lowest BCUT2D eigenvalue weighted by Crippen LogP contribution is -2.00. The molecule has 8 heteroatoms. The Bertz CT molecular complexity index is 3580. The van der Waals surface area contributed by atoms with Gasteiger partial charge in [-0.2, -0.15) is 8.75 Å². The molecule has 0 bridgehead atoms. The zero-order chi connectivity index (χ0) is 39.6. The Kier molecular flexibility index (Phi) is 7.89. The minimum absolute atomic E-state index is 0.586. The Labute approximate surface area is 347 Å². The van der Waals surface area contributed by atoms with Crippen LogP contribution in [0.25, 0.3) is 122 Å². The van der Waals surface area contributed by atoms with Crippen LogP contribution in [0.4, 0.5) is 0 Å². The van der Waals surface area contributed by atoms with E-state index in [1.807, 2.05) is 60.7 Å². The van der Waals surface area contributed by atoms with E-state index < -0.39 is 0 Å². The van der Waals surface area contributed by atoms with Crippen molar-refractivity contribution < 1.29 is 4.42 Å². The zero-order valence-electron chi connectivity index (χ0n) is 31.8. The molecule has 12 aromatic rings. The van der Waals surface area contributed by atoms with E-state index in [4.69, 9.17) is 33.1 Å². The average molecular weight is 787 g/mol. The van der Waals surface area contributed by atoms with Crippen LogP contribution in [0.15, 0.2) is 186 Å². The Balaban J connectivity index is 0.958. The summed E-state index contributed by atoms with van der Waals surface area (Å²) < 4.78 is 16.1. The Hall–Kier alpha value is -7.94. The van der Waals surface area contributed by atoms with E-state index in [1.165, 1.54) is 11.7 Å². The maximum Gasteiger partial charge on any atom is 0.164 e. The van der Waals surface area contributed by atoms with Crippen molar-refractivity contribution in [1.82, 2.24) is 28.7 Å². The maximum atomic E-state index is 6.35. The van der Waals surface area contributed by atoms with Crippen LogP contribution in [0, 0.1) is 0 Å². The molecule has 60 heavy (non-hydrogen) atoms. The van der Waals surface area contributed by atoms with E-state index in [0.29, 0.717) is 17.5 Å². The number of hydrogen-bond donors (Lipinski definition) is 0.